The normalized spacial score (nSPS) is 10.8. The van der Waals surface area contributed by atoms with Gasteiger partial charge < -0.3 is 0 Å². The molecule has 2 aromatic carbocycles. The van der Waals surface area contributed by atoms with Crippen molar-refractivity contribution < 1.29 is 9.36 Å². The first-order valence-electron chi connectivity index (χ1n) is 7.93. The second-order valence-corrected chi connectivity index (χ2v) is 6.46. The zero-order valence-corrected chi connectivity index (χ0v) is 15.3. The van der Waals surface area contributed by atoms with Crippen LogP contribution in [0.4, 0.5) is 0 Å². The van der Waals surface area contributed by atoms with Gasteiger partial charge in [0.05, 0.1) is 11.2 Å². The van der Waals surface area contributed by atoms with Gasteiger partial charge in [-0.25, -0.2) is 5.43 Å². The van der Waals surface area contributed by atoms with Crippen molar-refractivity contribution in [1.82, 2.24) is 5.43 Å². The molecule has 0 aliphatic heterocycles. The van der Waals surface area contributed by atoms with Crippen molar-refractivity contribution in [2.75, 3.05) is 0 Å². The molecule has 0 radical (unpaired) electrons. The molecule has 4 nitrogen and oxygen atoms in total. The van der Waals surface area contributed by atoms with Gasteiger partial charge in [-0.3, -0.25) is 4.79 Å². The zero-order valence-electron chi connectivity index (χ0n) is 13.8. The highest BCUT2D eigenvalue weighted by molar-refractivity contribution is 6.36. The van der Waals surface area contributed by atoms with E-state index in [0.29, 0.717) is 27.7 Å². The molecule has 3 aromatic rings. The van der Waals surface area contributed by atoms with Gasteiger partial charge in [-0.1, -0.05) is 59.6 Å². The van der Waals surface area contributed by atoms with Crippen molar-refractivity contribution in [3.8, 4) is 0 Å². The smallest absolute Gasteiger partial charge is 0.267 e. The van der Waals surface area contributed by atoms with Crippen molar-refractivity contribution in [1.29, 1.82) is 0 Å². The molecule has 3 rings (SSSR count). The van der Waals surface area contributed by atoms with Crippen molar-refractivity contribution in [2.24, 2.45) is 5.10 Å². The predicted octanol–water partition coefficient (Wildman–Crippen LogP) is 4.09. The maximum atomic E-state index is 12.3. The first kappa shape index (κ1) is 18.1. The molecule has 0 aliphatic rings. The monoisotopic (exact) mass is 384 g/mol. The van der Waals surface area contributed by atoms with Gasteiger partial charge in [-0.15, -0.1) is 0 Å². The summed E-state index contributed by atoms with van der Waals surface area (Å²) in [7, 11) is 0. The van der Waals surface area contributed by atoms with Gasteiger partial charge in [-0.2, -0.15) is 9.67 Å². The molecule has 0 atom stereocenters. The number of hydrazone groups is 1. The first-order chi connectivity index (χ1) is 12.6. The fourth-order valence-corrected chi connectivity index (χ4v) is 2.84. The summed E-state index contributed by atoms with van der Waals surface area (Å²) in [6.45, 7) is 0.686. The van der Waals surface area contributed by atoms with Crippen molar-refractivity contribution in [2.45, 2.75) is 6.54 Å². The van der Waals surface area contributed by atoms with Gasteiger partial charge in [0.15, 0.2) is 18.9 Å². The minimum absolute atomic E-state index is 0.297. The summed E-state index contributed by atoms with van der Waals surface area (Å²) in [6.07, 6.45) is 5.19. The number of benzene rings is 2. The number of nitrogens with zero attached hydrogens (tertiary/aromatic N) is 2. The van der Waals surface area contributed by atoms with Crippen LogP contribution in [0.5, 0.6) is 0 Å². The summed E-state index contributed by atoms with van der Waals surface area (Å²) in [6, 6.07) is 18.7. The Kier molecular flexibility index (Phi) is 6.00. The molecule has 1 heterocycles. The van der Waals surface area contributed by atoms with E-state index in [-0.39, 0.29) is 5.91 Å². The number of hydrogen-bond acceptors (Lipinski definition) is 2. The molecule has 1 N–H and O–H groups in total. The average Bonchev–Trinajstić information content (AvgIpc) is 2.64. The standard InChI is InChI=1S/C20H15Cl2N3O/c21-18-9-8-16(19(22)11-18)12-23-24-20(26)17-7-4-10-25(14-17)13-15-5-2-1-3-6-15/h1-12,14H,13H2/p+1/b23-12+. The largest absolute Gasteiger partial charge is 0.277 e. The van der Waals surface area contributed by atoms with E-state index in [1.54, 1.807) is 30.5 Å². The van der Waals surface area contributed by atoms with Gasteiger partial charge >= 0.3 is 0 Å². The van der Waals surface area contributed by atoms with E-state index in [0.717, 1.165) is 5.56 Å². The van der Waals surface area contributed by atoms with Gasteiger partial charge in [0, 0.05) is 22.2 Å². The lowest BCUT2D eigenvalue weighted by atomic mass is 10.2. The molecule has 0 aliphatic carbocycles. The molecule has 0 fully saturated rings. The second-order valence-electron chi connectivity index (χ2n) is 5.62. The SMILES string of the molecule is O=C(N/N=C/c1ccc(Cl)cc1Cl)c1ccc[n+](Cc2ccccc2)c1. The summed E-state index contributed by atoms with van der Waals surface area (Å²) in [5, 5.41) is 4.97. The third kappa shape index (κ3) is 4.91. The highest BCUT2D eigenvalue weighted by Gasteiger charge is 2.10. The fourth-order valence-electron chi connectivity index (χ4n) is 2.38. The number of pyridine rings is 1. The number of halogens is 2. The summed E-state index contributed by atoms with van der Waals surface area (Å²) in [5.41, 5.74) is 4.85. The molecule has 0 saturated heterocycles. The van der Waals surface area contributed by atoms with Crippen LogP contribution in [0.25, 0.3) is 0 Å². The highest BCUT2D eigenvalue weighted by Crippen LogP contribution is 2.19. The number of nitrogens with one attached hydrogen (secondary N) is 1. The van der Waals surface area contributed by atoms with Crippen LogP contribution in [0, 0.1) is 0 Å². The number of aromatic nitrogens is 1. The fraction of sp³-hybridized carbons (Fsp3) is 0.0500. The third-order valence-electron chi connectivity index (χ3n) is 3.66. The third-order valence-corrected chi connectivity index (χ3v) is 4.22. The second kappa shape index (κ2) is 8.61. The van der Waals surface area contributed by atoms with Crippen LogP contribution < -0.4 is 9.99 Å². The number of carbonyl (C=O) groups is 1. The Morgan fingerprint density at radius 1 is 1.08 bits per heavy atom. The maximum absolute atomic E-state index is 12.3. The minimum Gasteiger partial charge on any atom is -0.267 e. The van der Waals surface area contributed by atoms with Crippen LogP contribution in [0.1, 0.15) is 21.5 Å². The first-order valence-corrected chi connectivity index (χ1v) is 8.69. The van der Waals surface area contributed by atoms with E-state index in [9.17, 15) is 4.79 Å². The van der Waals surface area contributed by atoms with Gasteiger partial charge in [0.1, 0.15) is 5.56 Å². The average molecular weight is 385 g/mol. The van der Waals surface area contributed by atoms with E-state index < -0.39 is 0 Å². The van der Waals surface area contributed by atoms with E-state index in [1.807, 2.05) is 47.2 Å². The van der Waals surface area contributed by atoms with Crippen LogP contribution in [0.15, 0.2) is 78.2 Å². The molecule has 1 aromatic heterocycles. The van der Waals surface area contributed by atoms with Gasteiger partial charge in [0.2, 0.25) is 0 Å². The Morgan fingerprint density at radius 2 is 1.88 bits per heavy atom. The Balaban J connectivity index is 1.66. The summed E-state index contributed by atoms with van der Waals surface area (Å²) < 4.78 is 1.95. The van der Waals surface area contributed by atoms with Crippen LogP contribution >= 0.6 is 23.2 Å². The number of amides is 1. The lowest BCUT2D eigenvalue weighted by Crippen LogP contribution is -2.35. The predicted molar refractivity (Wildman–Crippen MR) is 104 cm³/mol. The van der Waals surface area contributed by atoms with Crippen LogP contribution in [-0.2, 0) is 6.54 Å². The molecule has 130 valence electrons. The molecular weight excluding hydrogens is 369 g/mol. The molecule has 0 unspecified atom stereocenters. The summed E-state index contributed by atoms with van der Waals surface area (Å²) in [5.74, 6) is -0.297. The van der Waals surface area contributed by atoms with Crippen molar-refractivity contribution >= 4 is 35.3 Å². The number of hydrogen-bond donors (Lipinski definition) is 1. The van der Waals surface area contributed by atoms with E-state index in [2.05, 4.69) is 10.5 Å². The van der Waals surface area contributed by atoms with E-state index in [4.69, 9.17) is 23.2 Å². The lowest BCUT2D eigenvalue weighted by molar-refractivity contribution is -0.688. The Morgan fingerprint density at radius 3 is 2.65 bits per heavy atom. The van der Waals surface area contributed by atoms with Crippen molar-refractivity contribution in [3.05, 3.63) is 99.8 Å². The highest BCUT2D eigenvalue weighted by atomic mass is 35.5. The molecule has 6 heteroatoms. The molecule has 0 spiro atoms. The van der Waals surface area contributed by atoms with Gasteiger partial charge in [0.25, 0.3) is 5.91 Å². The quantitative estimate of drug-likeness (QED) is 0.401. The zero-order chi connectivity index (χ0) is 18.4. The van der Waals surface area contributed by atoms with Gasteiger partial charge in [-0.05, 0) is 18.2 Å². The van der Waals surface area contributed by atoms with Crippen LogP contribution in [-0.4, -0.2) is 12.1 Å². The Hall–Kier alpha value is -2.69. The van der Waals surface area contributed by atoms with Crippen molar-refractivity contribution in [3.63, 3.8) is 0 Å². The number of carbonyl (C=O) groups excluding carboxylic acids is 1. The van der Waals surface area contributed by atoms with Crippen LogP contribution in [0.3, 0.4) is 0 Å². The topological polar surface area (TPSA) is 45.3 Å². The molecular formula is C20H16Cl2N3O+. The molecule has 26 heavy (non-hydrogen) atoms. The Bertz CT molecular complexity index is 943. The molecule has 1 amide bonds. The van der Waals surface area contributed by atoms with Crippen LogP contribution in [0.2, 0.25) is 10.0 Å². The lowest BCUT2D eigenvalue weighted by Gasteiger charge is -2.01. The molecule has 0 bridgehead atoms. The number of rotatable bonds is 5. The molecule has 0 saturated carbocycles. The summed E-state index contributed by atoms with van der Waals surface area (Å²) >= 11 is 11.9. The maximum Gasteiger partial charge on any atom is 0.277 e. The summed E-state index contributed by atoms with van der Waals surface area (Å²) in [4.78, 5) is 12.3. The van der Waals surface area contributed by atoms with E-state index in [1.165, 1.54) is 6.21 Å². The minimum atomic E-state index is -0.297. The Labute approximate surface area is 161 Å². The van der Waals surface area contributed by atoms with E-state index >= 15 is 0 Å².